The minimum Gasteiger partial charge on any atom is -0.507 e. The molecule has 0 aliphatic rings. The second kappa shape index (κ2) is 14.1. The summed E-state index contributed by atoms with van der Waals surface area (Å²) in [6.07, 6.45) is 0. The Morgan fingerprint density at radius 2 is 0.889 bits per heavy atom. The quantitative estimate of drug-likeness (QED) is 0.0760. The number of nitrogens with one attached hydrogen (secondary N) is 4. The van der Waals surface area contributed by atoms with Gasteiger partial charge in [0.2, 0.25) is 0 Å². The smallest absolute Gasteiger partial charge is 0.323 e. The summed E-state index contributed by atoms with van der Waals surface area (Å²) in [5.74, 6) is -2.08. The summed E-state index contributed by atoms with van der Waals surface area (Å²) in [7, 11) is -9.33. The van der Waals surface area contributed by atoms with Gasteiger partial charge in [0.1, 0.15) is 11.5 Å². The Balaban J connectivity index is 1.19. The van der Waals surface area contributed by atoms with E-state index in [1.165, 1.54) is 48.5 Å². The summed E-state index contributed by atoms with van der Waals surface area (Å²) in [5, 5.41) is 32.1. The first-order valence-electron chi connectivity index (χ1n) is 15.8. The van der Waals surface area contributed by atoms with Crippen molar-refractivity contribution in [1.82, 2.24) is 0 Å². The second-order valence-corrected chi connectivity index (χ2v) is 15.0. The van der Waals surface area contributed by atoms with Crippen molar-refractivity contribution in [3.63, 3.8) is 0 Å². The largest absolute Gasteiger partial charge is 0.507 e. The van der Waals surface area contributed by atoms with Gasteiger partial charge in [-0.1, -0.05) is 36.4 Å². The van der Waals surface area contributed by atoms with Crippen molar-refractivity contribution in [2.75, 3.05) is 21.3 Å². The zero-order chi connectivity index (χ0) is 39.1. The topological polar surface area (TPSA) is 249 Å². The van der Waals surface area contributed by atoms with Gasteiger partial charge >= 0.3 is 6.03 Å². The summed E-state index contributed by atoms with van der Waals surface area (Å²) >= 11 is 0. The number of aromatic hydroxyl groups is 2. The highest BCUT2D eigenvalue weighted by atomic mass is 32.2. The monoisotopic (exact) mass is 770 g/mol. The second-order valence-electron chi connectivity index (χ2n) is 12.2. The molecule has 8 N–H and O–H groups in total. The summed E-state index contributed by atoms with van der Waals surface area (Å²) in [6, 6.07) is 21.5. The van der Waals surface area contributed by atoms with E-state index in [4.69, 9.17) is 0 Å². The molecular formula is C37H30N4O11S2. The maximum atomic E-state index is 13.4. The fourth-order valence-corrected chi connectivity index (χ4v) is 6.81. The van der Waals surface area contributed by atoms with Crippen LogP contribution in [-0.2, 0) is 20.2 Å². The van der Waals surface area contributed by atoms with Gasteiger partial charge in [0, 0.05) is 67.6 Å². The molecular weight excluding hydrogens is 741 g/mol. The molecule has 0 radical (unpaired) electrons. The molecule has 0 heterocycles. The van der Waals surface area contributed by atoms with Crippen molar-refractivity contribution >= 4 is 82.4 Å². The van der Waals surface area contributed by atoms with E-state index in [1.54, 1.807) is 38.1 Å². The molecule has 0 atom stereocenters. The standard InChI is InChI=1S/C37H30N4O11S2/c1-19-9-11-21(13-27(19)35(44)40-31-7-3-5-25-29(31)15-23(17-33(25)42)53(47,48)49)38-37(46)39-22-12-10-20(2)28(14-22)36(45)41-32-8-4-6-26-30(32)16-24(18-34(26)43)54(50,51)52/h3-18,42-43H,1-2H3,(H,40,44)(H,41,45)(H2,38,39,46)(H,47,48,49)(H,50,51,52). The highest BCUT2D eigenvalue weighted by molar-refractivity contribution is 7.86. The lowest BCUT2D eigenvalue weighted by Gasteiger charge is -2.14. The molecule has 0 saturated heterocycles. The van der Waals surface area contributed by atoms with Gasteiger partial charge < -0.3 is 31.5 Å². The van der Waals surface area contributed by atoms with Crippen LogP contribution in [0, 0.1) is 13.8 Å². The number of phenols is 2. The van der Waals surface area contributed by atoms with Crippen molar-refractivity contribution in [1.29, 1.82) is 0 Å². The molecule has 0 spiro atoms. The molecule has 6 aromatic rings. The van der Waals surface area contributed by atoms with Crippen LogP contribution >= 0.6 is 0 Å². The third-order valence-electron chi connectivity index (χ3n) is 8.47. The molecule has 0 aromatic heterocycles. The molecule has 276 valence electrons. The van der Waals surface area contributed by atoms with Gasteiger partial charge in [-0.25, -0.2) is 4.79 Å². The Hall–Kier alpha value is -6.53. The highest BCUT2D eigenvalue weighted by Crippen LogP contribution is 2.35. The van der Waals surface area contributed by atoms with Gasteiger partial charge in [-0.3, -0.25) is 18.7 Å². The lowest BCUT2D eigenvalue weighted by atomic mass is 10.0. The number of carbonyl (C=O) groups excluding carboxylic acids is 3. The number of carbonyl (C=O) groups is 3. The van der Waals surface area contributed by atoms with E-state index >= 15 is 0 Å². The summed E-state index contributed by atoms with van der Waals surface area (Å²) in [6.45, 7) is 3.33. The Morgan fingerprint density at radius 1 is 0.500 bits per heavy atom. The molecule has 54 heavy (non-hydrogen) atoms. The van der Waals surface area contributed by atoms with Crippen LogP contribution in [0.15, 0.2) is 107 Å². The molecule has 0 fully saturated rings. The SMILES string of the molecule is Cc1ccc(NC(=O)Nc2ccc(C)c(C(=O)Nc3cccc4c(O)cc(S(=O)(=O)O)cc34)c2)cc1C(=O)Nc1cccc2c(O)cc(S(=O)(=O)O)cc12. The minimum atomic E-state index is -4.67. The molecule has 0 aliphatic carbocycles. The number of benzene rings is 6. The number of fused-ring (bicyclic) bond motifs is 2. The predicted octanol–water partition coefficient (Wildman–Crippen LogP) is 6.66. The Labute approximate surface area is 307 Å². The van der Waals surface area contributed by atoms with Gasteiger partial charge in [0.15, 0.2) is 0 Å². The molecule has 0 unspecified atom stereocenters. The predicted molar refractivity (Wildman–Crippen MR) is 202 cm³/mol. The number of amides is 4. The number of anilines is 4. The van der Waals surface area contributed by atoms with Gasteiger partial charge in [-0.2, -0.15) is 16.8 Å². The maximum Gasteiger partial charge on any atom is 0.323 e. The minimum absolute atomic E-state index is 0.148. The van der Waals surface area contributed by atoms with Gasteiger partial charge in [0.05, 0.1) is 9.79 Å². The van der Waals surface area contributed by atoms with Crippen LogP contribution in [0.3, 0.4) is 0 Å². The molecule has 0 bridgehead atoms. The Morgan fingerprint density at radius 3 is 1.26 bits per heavy atom. The van der Waals surface area contributed by atoms with Crippen LogP contribution in [-0.4, -0.2) is 54.0 Å². The third-order valence-corrected chi connectivity index (χ3v) is 10.1. The van der Waals surface area contributed by atoms with Crippen molar-refractivity contribution in [3.8, 4) is 11.5 Å². The van der Waals surface area contributed by atoms with E-state index in [2.05, 4.69) is 21.3 Å². The van der Waals surface area contributed by atoms with E-state index in [-0.39, 0.29) is 55.4 Å². The molecule has 6 rings (SSSR count). The van der Waals surface area contributed by atoms with Crippen LogP contribution in [0.1, 0.15) is 31.8 Å². The summed E-state index contributed by atoms with van der Waals surface area (Å²) < 4.78 is 66.0. The zero-order valence-corrected chi connectivity index (χ0v) is 29.8. The Bertz CT molecular complexity index is 2600. The zero-order valence-electron chi connectivity index (χ0n) is 28.2. The molecule has 17 heteroatoms. The lowest BCUT2D eigenvalue weighted by molar-refractivity contribution is 0.101. The third kappa shape index (κ3) is 7.79. The van der Waals surface area contributed by atoms with Crippen molar-refractivity contribution in [2.45, 2.75) is 23.6 Å². The Kier molecular flexibility index (Phi) is 9.74. The molecule has 6 aromatic carbocycles. The lowest BCUT2D eigenvalue weighted by Crippen LogP contribution is -2.21. The van der Waals surface area contributed by atoms with E-state index < -0.39 is 59.4 Å². The number of urea groups is 1. The number of aryl methyl sites for hydroxylation is 2. The van der Waals surface area contributed by atoms with Crippen LogP contribution in [0.2, 0.25) is 0 Å². The number of rotatable bonds is 8. The van der Waals surface area contributed by atoms with Crippen LogP contribution in [0.25, 0.3) is 21.5 Å². The molecule has 0 aliphatic heterocycles. The fraction of sp³-hybridized carbons (Fsp3) is 0.0541. The molecule has 4 amide bonds. The van der Waals surface area contributed by atoms with Crippen LogP contribution in [0.5, 0.6) is 11.5 Å². The maximum absolute atomic E-state index is 13.4. The van der Waals surface area contributed by atoms with Gasteiger partial charge in [-0.05, 0) is 73.5 Å². The first-order chi connectivity index (χ1) is 25.4. The average Bonchev–Trinajstić information content (AvgIpc) is 3.09. The van der Waals surface area contributed by atoms with Crippen LogP contribution in [0.4, 0.5) is 27.5 Å². The average molecular weight is 771 g/mol. The van der Waals surface area contributed by atoms with Gasteiger partial charge in [0.25, 0.3) is 32.1 Å². The molecule has 0 saturated carbocycles. The number of hydrogen-bond acceptors (Lipinski definition) is 9. The summed E-state index contributed by atoms with van der Waals surface area (Å²) in [4.78, 5) is 38.8. The van der Waals surface area contributed by atoms with Gasteiger partial charge in [-0.15, -0.1) is 0 Å². The van der Waals surface area contributed by atoms with Crippen molar-refractivity contribution in [2.24, 2.45) is 0 Å². The van der Waals surface area contributed by atoms with E-state index in [0.29, 0.717) is 11.1 Å². The number of phenolic OH excluding ortho intramolecular Hbond substituents is 2. The fourth-order valence-electron chi connectivity index (χ4n) is 5.76. The summed E-state index contributed by atoms with van der Waals surface area (Å²) in [5.41, 5.74) is 2.11. The van der Waals surface area contributed by atoms with Crippen molar-refractivity contribution in [3.05, 3.63) is 119 Å². The van der Waals surface area contributed by atoms with Crippen molar-refractivity contribution < 1.29 is 50.5 Å². The van der Waals surface area contributed by atoms with E-state index in [1.807, 2.05) is 0 Å². The first kappa shape index (κ1) is 37.2. The van der Waals surface area contributed by atoms with Crippen LogP contribution < -0.4 is 21.3 Å². The van der Waals surface area contributed by atoms with E-state index in [9.17, 15) is 50.5 Å². The molecule has 15 nitrogen and oxygen atoms in total. The first-order valence-corrected chi connectivity index (χ1v) is 18.7. The number of hydrogen-bond donors (Lipinski definition) is 8. The highest BCUT2D eigenvalue weighted by Gasteiger charge is 2.20. The van der Waals surface area contributed by atoms with E-state index in [0.717, 1.165) is 24.3 Å². The normalized spacial score (nSPS) is 11.6.